The van der Waals surface area contributed by atoms with Gasteiger partial charge in [0, 0.05) is 18.8 Å². The van der Waals surface area contributed by atoms with Crippen molar-refractivity contribution in [3.8, 4) is 11.3 Å². The zero-order chi connectivity index (χ0) is 18.8. The highest BCUT2D eigenvalue weighted by Crippen LogP contribution is 2.20. The highest BCUT2D eigenvalue weighted by Gasteiger charge is 2.17. The Morgan fingerprint density at radius 2 is 1.88 bits per heavy atom. The number of nitrogens with zero attached hydrogens (tertiary/aromatic N) is 4. The van der Waals surface area contributed by atoms with Crippen LogP contribution in [-0.2, 0) is 13.6 Å². The first kappa shape index (κ1) is 17.8. The molecule has 0 bridgehead atoms. The molecule has 3 rings (SSSR count). The molecule has 0 aliphatic carbocycles. The van der Waals surface area contributed by atoms with Crippen LogP contribution < -0.4 is 5.32 Å². The number of benzene rings is 1. The lowest BCUT2D eigenvalue weighted by atomic mass is 10.1. The Morgan fingerprint density at radius 1 is 1.19 bits per heavy atom. The van der Waals surface area contributed by atoms with E-state index in [1.165, 1.54) is 12.1 Å². The monoisotopic (exact) mass is 355 g/mol. The molecule has 2 heterocycles. The Labute approximate surface area is 151 Å². The van der Waals surface area contributed by atoms with Crippen molar-refractivity contribution in [2.24, 2.45) is 7.05 Å². The number of hydrogen-bond acceptors (Lipinski definition) is 3. The Hall–Kier alpha value is -2.96. The Kier molecular flexibility index (Phi) is 4.88. The lowest BCUT2D eigenvalue weighted by Crippen LogP contribution is -2.36. The number of rotatable bonds is 5. The second-order valence-corrected chi connectivity index (χ2v) is 6.53. The van der Waals surface area contributed by atoms with Crippen molar-refractivity contribution in [3.63, 3.8) is 0 Å². The smallest absolute Gasteiger partial charge is 0.272 e. The van der Waals surface area contributed by atoms with Gasteiger partial charge in [0.25, 0.3) is 5.91 Å². The standard InChI is InChI=1S/C19H22FN5O/c1-12-9-14(3)25(22-12)11-13(2)21-19(26)17-10-18(24(4)23-17)15-5-7-16(20)8-6-15/h5-10,13H,11H2,1-4H3,(H,21,26)/t13-/m1/s1. The summed E-state index contributed by atoms with van der Waals surface area (Å²) in [6, 6.07) is 9.72. The Morgan fingerprint density at radius 3 is 2.50 bits per heavy atom. The fourth-order valence-electron chi connectivity index (χ4n) is 2.93. The molecule has 1 amide bonds. The predicted octanol–water partition coefficient (Wildman–Crippen LogP) is 2.86. The summed E-state index contributed by atoms with van der Waals surface area (Å²) in [7, 11) is 1.76. The lowest BCUT2D eigenvalue weighted by molar-refractivity contribution is 0.0930. The summed E-state index contributed by atoms with van der Waals surface area (Å²) < 4.78 is 16.6. The van der Waals surface area contributed by atoms with Crippen LogP contribution in [0.4, 0.5) is 4.39 Å². The summed E-state index contributed by atoms with van der Waals surface area (Å²) >= 11 is 0. The Balaban J connectivity index is 1.71. The van der Waals surface area contributed by atoms with Gasteiger partial charge in [-0.05, 0) is 62.7 Å². The minimum atomic E-state index is -0.299. The summed E-state index contributed by atoms with van der Waals surface area (Å²) in [5, 5.41) is 11.6. The number of carbonyl (C=O) groups excluding carboxylic acids is 1. The number of amides is 1. The summed E-state index contributed by atoms with van der Waals surface area (Å²) in [6.07, 6.45) is 0. The highest BCUT2D eigenvalue weighted by atomic mass is 19.1. The third kappa shape index (κ3) is 3.82. The lowest BCUT2D eigenvalue weighted by Gasteiger charge is -2.14. The first-order valence-electron chi connectivity index (χ1n) is 8.45. The van der Waals surface area contributed by atoms with Crippen molar-refractivity contribution in [1.29, 1.82) is 0 Å². The molecule has 0 saturated heterocycles. The van der Waals surface area contributed by atoms with Crippen molar-refractivity contribution in [1.82, 2.24) is 24.9 Å². The zero-order valence-electron chi connectivity index (χ0n) is 15.3. The van der Waals surface area contributed by atoms with Crippen LogP contribution in [0.5, 0.6) is 0 Å². The molecule has 136 valence electrons. The van der Waals surface area contributed by atoms with Gasteiger partial charge >= 0.3 is 0 Å². The van der Waals surface area contributed by atoms with Crippen LogP contribution in [0.2, 0.25) is 0 Å². The van der Waals surface area contributed by atoms with Gasteiger partial charge in [0.2, 0.25) is 0 Å². The predicted molar refractivity (Wildman–Crippen MR) is 97.2 cm³/mol. The molecule has 0 fully saturated rings. The van der Waals surface area contributed by atoms with E-state index in [1.807, 2.05) is 31.5 Å². The van der Waals surface area contributed by atoms with E-state index in [-0.39, 0.29) is 17.8 Å². The molecule has 6 nitrogen and oxygen atoms in total. The van der Waals surface area contributed by atoms with E-state index < -0.39 is 0 Å². The maximum Gasteiger partial charge on any atom is 0.272 e. The molecule has 2 aromatic heterocycles. The average molecular weight is 355 g/mol. The summed E-state index contributed by atoms with van der Waals surface area (Å²) in [5.41, 5.74) is 3.89. The van der Waals surface area contributed by atoms with E-state index in [4.69, 9.17) is 0 Å². The van der Waals surface area contributed by atoms with Crippen molar-refractivity contribution in [3.05, 3.63) is 59.3 Å². The van der Waals surface area contributed by atoms with Crippen LogP contribution in [0.25, 0.3) is 11.3 Å². The van der Waals surface area contributed by atoms with Gasteiger partial charge in [0.05, 0.1) is 17.9 Å². The zero-order valence-corrected chi connectivity index (χ0v) is 15.3. The quantitative estimate of drug-likeness (QED) is 0.765. The van der Waals surface area contributed by atoms with Gasteiger partial charge in [-0.2, -0.15) is 10.2 Å². The highest BCUT2D eigenvalue weighted by molar-refractivity contribution is 5.93. The number of aryl methyl sites for hydroxylation is 3. The topological polar surface area (TPSA) is 64.7 Å². The second kappa shape index (κ2) is 7.11. The molecule has 0 unspecified atom stereocenters. The van der Waals surface area contributed by atoms with E-state index in [9.17, 15) is 9.18 Å². The molecule has 26 heavy (non-hydrogen) atoms. The van der Waals surface area contributed by atoms with E-state index in [0.29, 0.717) is 12.2 Å². The van der Waals surface area contributed by atoms with Crippen LogP contribution in [0.3, 0.4) is 0 Å². The first-order chi connectivity index (χ1) is 12.3. The van der Waals surface area contributed by atoms with Gasteiger partial charge in [-0.15, -0.1) is 0 Å². The molecule has 7 heteroatoms. The van der Waals surface area contributed by atoms with Gasteiger partial charge in [-0.1, -0.05) is 0 Å². The number of halogens is 1. The Bertz CT molecular complexity index is 926. The third-order valence-electron chi connectivity index (χ3n) is 4.18. The molecule has 1 N–H and O–H groups in total. The minimum Gasteiger partial charge on any atom is -0.346 e. The van der Waals surface area contributed by atoms with Gasteiger partial charge in [0.15, 0.2) is 5.69 Å². The number of hydrogen-bond donors (Lipinski definition) is 1. The molecular weight excluding hydrogens is 333 g/mol. The molecule has 0 saturated carbocycles. The van der Waals surface area contributed by atoms with E-state index in [2.05, 4.69) is 15.5 Å². The van der Waals surface area contributed by atoms with E-state index >= 15 is 0 Å². The molecule has 0 radical (unpaired) electrons. The molecular formula is C19H22FN5O. The van der Waals surface area contributed by atoms with E-state index in [1.54, 1.807) is 29.9 Å². The molecule has 0 aliphatic heterocycles. The van der Waals surface area contributed by atoms with Gasteiger partial charge < -0.3 is 5.32 Å². The van der Waals surface area contributed by atoms with E-state index in [0.717, 1.165) is 22.6 Å². The first-order valence-corrected chi connectivity index (χ1v) is 8.45. The van der Waals surface area contributed by atoms with Crippen LogP contribution in [0, 0.1) is 19.7 Å². The fraction of sp³-hybridized carbons (Fsp3) is 0.316. The van der Waals surface area contributed by atoms with Gasteiger partial charge in [-0.25, -0.2) is 4.39 Å². The maximum atomic E-state index is 13.1. The number of nitrogens with one attached hydrogen (secondary N) is 1. The average Bonchev–Trinajstić information content (AvgIpc) is 3.10. The molecule has 1 aromatic carbocycles. The van der Waals surface area contributed by atoms with Crippen molar-refractivity contribution >= 4 is 5.91 Å². The summed E-state index contributed by atoms with van der Waals surface area (Å²) in [6.45, 7) is 6.45. The molecule has 0 spiro atoms. The van der Waals surface area contributed by atoms with Gasteiger partial charge in [0.1, 0.15) is 5.82 Å². The van der Waals surface area contributed by atoms with Crippen molar-refractivity contribution in [2.75, 3.05) is 0 Å². The third-order valence-corrected chi connectivity index (χ3v) is 4.18. The molecule has 1 atom stereocenters. The fourth-order valence-corrected chi connectivity index (χ4v) is 2.93. The second-order valence-electron chi connectivity index (χ2n) is 6.53. The normalized spacial score (nSPS) is 12.2. The van der Waals surface area contributed by atoms with Crippen LogP contribution >= 0.6 is 0 Å². The van der Waals surface area contributed by atoms with Crippen LogP contribution in [0.1, 0.15) is 28.8 Å². The van der Waals surface area contributed by atoms with Crippen LogP contribution in [0.15, 0.2) is 36.4 Å². The van der Waals surface area contributed by atoms with Crippen molar-refractivity contribution < 1.29 is 9.18 Å². The maximum absolute atomic E-state index is 13.1. The van der Waals surface area contributed by atoms with Crippen molar-refractivity contribution in [2.45, 2.75) is 33.4 Å². The largest absolute Gasteiger partial charge is 0.346 e. The summed E-state index contributed by atoms with van der Waals surface area (Å²) in [5.74, 6) is -0.546. The SMILES string of the molecule is Cc1cc(C)n(C[C@@H](C)NC(=O)c2cc(-c3ccc(F)cc3)n(C)n2)n1. The van der Waals surface area contributed by atoms with Gasteiger partial charge in [-0.3, -0.25) is 14.2 Å². The minimum absolute atomic E-state index is 0.100. The summed E-state index contributed by atoms with van der Waals surface area (Å²) in [4.78, 5) is 12.5. The number of carbonyl (C=O) groups is 1. The van der Waals surface area contributed by atoms with Crippen LogP contribution in [-0.4, -0.2) is 31.5 Å². The molecule has 0 aliphatic rings. The number of aromatic nitrogens is 4. The molecule has 3 aromatic rings.